The van der Waals surface area contributed by atoms with Crippen molar-refractivity contribution >= 4 is 10.0 Å². The first-order valence-corrected chi connectivity index (χ1v) is 6.85. The Morgan fingerprint density at radius 2 is 2.00 bits per heavy atom. The Morgan fingerprint density at radius 1 is 1.33 bits per heavy atom. The van der Waals surface area contributed by atoms with E-state index < -0.39 is 10.0 Å². The average Bonchev–Trinajstić information content (AvgIpc) is 2.21. The number of likely N-dealkylation sites (N-methyl/N-ethyl adjacent to an activating group) is 1. The number of nitrogens with zero attached hydrogens (tertiary/aromatic N) is 1. The van der Waals surface area contributed by atoms with Gasteiger partial charge in [-0.15, -0.1) is 0 Å². The Kier molecular flexibility index (Phi) is 7.95. The monoisotopic (exact) mass is 239 g/mol. The van der Waals surface area contributed by atoms with E-state index in [1.165, 1.54) is 4.31 Å². The van der Waals surface area contributed by atoms with Crippen LogP contribution >= 0.6 is 0 Å². The first kappa shape index (κ1) is 14.8. The largest absolute Gasteiger partial charge is 0.396 e. The van der Waals surface area contributed by atoms with Crippen molar-refractivity contribution in [2.75, 3.05) is 38.7 Å². The van der Waals surface area contributed by atoms with Gasteiger partial charge in [0, 0.05) is 26.3 Å². The molecule has 0 saturated carbocycles. The lowest BCUT2D eigenvalue weighted by Crippen LogP contribution is -2.35. The van der Waals surface area contributed by atoms with Crippen LogP contribution in [0.2, 0.25) is 0 Å². The highest BCUT2D eigenvalue weighted by Crippen LogP contribution is 2.02. The summed E-state index contributed by atoms with van der Waals surface area (Å²) in [6.07, 6.45) is 0.285. The average molecular weight is 239 g/mol. The van der Waals surface area contributed by atoms with Gasteiger partial charge in [-0.05, 0) is 13.3 Å². The van der Waals surface area contributed by atoms with Gasteiger partial charge >= 0.3 is 0 Å². The van der Waals surface area contributed by atoms with Crippen LogP contribution in [0.4, 0.5) is 0 Å². The molecule has 0 aromatic rings. The minimum Gasteiger partial charge on any atom is -0.396 e. The van der Waals surface area contributed by atoms with Crippen LogP contribution in [0.15, 0.2) is 0 Å². The molecule has 0 radical (unpaired) electrons. The van der Waals surface area contributed by atoms with Crippen molar-refractivity contribution < 1.29 is 18.3 Å². The van der Waals surface area contributed by atoms with Crippen LogP contribution in [0.25, 0.3) is 0 Å². The van der Waals surface area contributed by atoms with Gasteiger partial charge in [-0.3, -0.25) is 0 Å². The molecule has 6 heteroatoms. The number of aliphatic hydroxyl groups is 1. The third kappa shape index (κ3) is 6.09. The predicted molar refractivity (Wildman–Crippen MR) is 59.2 cm³/mol. The van der Waals surface area contributed by atoms with Gasteiger partial charge in [0.15, 0.2) is 0 Å². The summed E-state index contributed by atoms with van der Waals surface area (Å²) in [6.45, 7) is 5.41. The summed E-state index contributed by atoms with van der Waals surface area (Å²) in [6, 6.07) is 0. The number of sulfonamides is 1. The van der Waals surface area contributed by atoms with Crippen molar-refractivity contribution in [3.8, 4) is 0 Å². The van der Waals surface area contributed by atoms with Crippen LogP contribution in [-0.2, 0) is 14.8 Å². The van der Waals surface area contributed by atoms with Gasteiger partial charge in [-0.25, -0.2) is 8.42 Å². The topological polar surface area (TPSA) is 66.8 Å². The number of hydrogen-bond donors (Lipinski definition) is 1. The fourth-order valence-corrected chi connectivity index (χ4v) is 2.68. The first-order chi connectivity index (χ1) is 7.08. The molecule has 0 rings (SSSR count). The molecule has 0 heterocycles. The lowest BCUT2D eigenvalue weighted by molar-refractivity contribution is 0.135. The molecule has 0 aliphatic rings. The van der Waals surface area contributed by atoms with E-state index >= 15 is 0 Å². The molecule has 1 N–H and O–H groups in total. The summed E-state index contributed by atoms with van der Waals surface area (Å²) in [4.78, 5) is 0. The maximum Gasteiger partial charge on any atom is 0.214 e. The maximum atomic E-state index is 11.7. The Labute approximate surface area is 92.1 Å². The minimum absolute atomic E-state index is 0.00344. The molecule has 0 aliphatic heterocycles. The van der Waals surface area contributed by atoms with Crippen molar-refractivity contribution in [3.05, 3.63) is 0 Å². The van der Waals surface area contributed by atoms with E-state index in [9.17, 15) is 8.42 Å². The second-order valence-electron chi connectivity index (χ2n) is 3.08. The Hall–Kier alpha value is -0.170. The van der Waals surface area contributed by atoms with Gasteiger partial charge in [-0.2, -0.15) is 4.31 Å². The van der Waals surface area contributed by atoms with Crippen LogP contribution in [0.1, 0.15) is 20.3 Å². The summed E-state index contributed by atoms with van der Waals surface area (Å²) in [5.41, 5.74) is 0. The molecule has 0 fully saturated rings. The molecule has 0 unspecified atom stereocenters. The highest BCUT2D eigenvalue weighted by atomic mass is 32.2. The fraction of sp³-hybridized carbons (Fsp3) is 1.00. The van der Waals surface area contributed by atoms with Crippen LogP contribution in [0.5, 0.6) is 0 Å². The van der Waals surface area contributed by atoms with Crippen molar-refractivity contribution in [2.45, 2.75) is 20.3 Å². The molecule has 0 bridgehead atoms. The summed E-state index contributed by atoms with van der Waals surface area (Å²) < 4.78 is 29.8. The summed E-state index contributed by atoms with van der Waals surface area (Å²) in [5, 5.41) is 8.59. The number of hydrogen-bond acceptors (Lipinski definition) is 4. The predicted octanol–water partition coefficient (Wildman–Crippen LogP) is 0.0570. The van der Waals surface area contributed by atoms with Crippen LogP contribution < -0.4 is 0 Å². The summed E-state index contributed by atoms with van der Waals surface area (Å²) in [7, 11) is -3.22. The zero-order valence-corrected chi connectivity index (χ0v) is 10.3. The molecule has 0 saturated heterocycles. The molecule has 15 heavy (non-hydrogen) atoms. The molecular formula is C9H21NO4S. The van der Waals surface area contributed by atoms with Gasteiger partial charge in [0.05, 0.1) is 12.4 Å². The molecule has 0 spiro atoms. The Morgan fingerprint density at radius 3 is 2.47 bits per heavy atom. The van der Waals surface area contributed by atoms with Gasteiger partial charge in [0.25, 0.3) is 0 Å². The first-order valence-electron chi connectivity index (χ1n) is 5.24. The van der Waals surface area contributed by atoms with Crippen molar-refractivity contribution in [2.24, 2.45) is 0 Å². The van der Waals surface area contributed by atoms with Gasteiger partial charge in [0.2, 0.25) is 10.0 Å². The van der Waals surface area contributed by atoms with Crippen LogP contribution in [0, 0.1) is 0 Å². The minimum atomic E-state index is -3.22. The third-order valence-electron chi connectivity index (χ3n) is 2.00. The molecular weight excluding hydrogens is 218 g/mol. The lowest BCUT2D eigenvalue weighted by Gasteiger charge is -2.19. The summed E-state index contributed by atoms with van der Waals surface area (Å²) >= 11 is 0. The standard InChI is InChI=1S/C9H21NO4S/c1-3-10(6-8-14-4-2)15(12,13)9-5-7-11/h11H,3-9H2,1-2H3. The number of aliphatic hydroxyl groups excluding tert-OH is 1. The van der Waals surface area contributed by atoms with E-state index in [-0.39, 0.29) is 18.8 Å². The molecule has 0 aromatic heterocycles. The molecule has 0 aliphatic carbocycles. The van der Waals surface area contributed by atoms with Crippen molar-refractivity contribution in [3.63, 3.8) is 0 Å². The van der Waals surface area contributed by atoms with E-state index in [1.807, 2.05) is 6.92 Å². The highest BCUT2D eigenvalue weighted by molar-refractivity contribution is 7.89. The second-order valence-corrected chi connectivity index (χ2v) is 5.17. The van der Waals surface area contributed by atoms with Gasteiger partial charge in [-0.1, -0.05) is 6.92 Å². The quantitative estimate of drug-likeness (QED) is 0.578. The lowest BCUT2D eigenvalue weighted by atomic mass is 10.5. The summed E-state index contributed by atoms with van der Waals surface area (Å²) in [5.74, 6) is 0.00344. The third-order valence-corrected chi connectivity index (χ3v) is 4.03. The SMILES string of the molecule is CCOCCN(CC)S(=O)(=O)CCCO. The van der Waals surface area contributed by atoms with E-state index in [4.69, 9.17) is 9.84 Å². The normalized spacial score (nSPS) is 12.3. The molecule has 0 aromatic carbocycles. The smallest absolute Gasteiger partial charge is 0.214 e. The number of ether oxygens (including phenoxy) is 1. The van der Waals surface area contributed by atoms with E-state index in [0.29, 0.717) is 26.3 Å². The highest BCUT2D eigenvalue weighted by Gasteiger charge is 2.19. The van der Waals surface area contributed by atoms with Crippen molar-refractivity contribution in [1.29, 1.82) is 0 Å². The number of rotatable bonds is 9. The van der Waals surface area contributed by atoms with E-state index in [1.54, 1.807) is 6.92 Å². The Balaban J connectivity index is 4.12. The second kappa shape index (κ2) is 8.04. The molecule has 0 atom stereocenters. The van der Waals surface area contributed by atoms with Crippen molar-refractivity contribution in [1.82, 2.24) is 4.31 Å². The molecule has 5 nitrogen and oxygen atoms in total. The molecule has 0 amide bonds. The fourth-order valence-electron chi connectivity index (χ4n) is 1.18. The maximum absolute atomic E-state index is 11.7. The zero-order chi connectivity index (χ0) is 11.7. The zero-order valence-electron chi connectivity index (χ0n) is 9.48. The molecule has 92 valence electrons. The van der Waals surface area contributed by atoms with Gasteiger partial charge in [0.1, 0.15) is 0 Å². The van der Waals surface area contributed by atoms with Crippen LogP contribution in [0.3, 0.4) is 0 Å². The van der Waals surface area contributed by atoms with Gasteiger partial charge < -0.3 is 9.84 Å². The van der Waals surface area contributed by atoms with E-state index in [0.717, 1.165) is 0 Å². The van der Waals surface area contributed by atoms with Crippen LogP contribution in [-0.4, -0.2) is 56.5 Å². The van der Waals surface area contributed by atoms with E-state index in [2.05, 4.69) is 0 Å². The Bertz CT molecular complexity index is 240.